The van der Waals surface area contributed by atoms with E-state index in [2.05, 4.69) is 10.1 Å². The van der Waals surface area contributed by atoms with E-state index in [1.54, 1.807) is 12.1 Å². The molecule has 1 atom stereocenters. The van der Waals surface area contributed by atoms with E-state index >= 15 is 0 Å². The van der Waals surface area contributed by atoms with Gasteiger partial charge in [0, 0.05) is 18.7 Å². The number of aromatic nitrogens is 2. The normalized spacial score (nSPS) is 16.8. The Morgan fingerprint density at radius 1 is 0.886 bits per heavy atom. The third-order valence-corrected chi connectivity index (χ3v) is 8.08. The summed E-state index contributed by atoms with van der Waals surface area (Å²) in [4.78, 5) is 4.90. The van der Waals surface area contributed by atoms with E-state index in [4.69, 9.17) is 9.26 Å². The second-order valence-electron chi connectivity index (χ2n) is 8.91. The summed E-state index contributed by atoms with van der Waals surface area (Å²) in [6.45, 7) is 4.77. The maximum Gasteiger partial charge on any atom is 0.243 e. The molecular weight excluding hydrogens is 462 g/mol. The van der Waals surface area contributed by atoms with Crippen molar-refractivity contribution in [1.82, 2.24) is 14.4 Å². The zero-order valence-corrected chi connectivity index (χ0v) is 20.5. The zero-order chi connectivity index (χ0) is 24.4. The van der Waals surface area contributed by atoms with Crippen LogP contribution in [0.15, 0.2) is 82.2 Å². The van der Waals surface area contributed by atoms with Crippen LogP contribution >= 0.6 is 0 Å². The van der Waals surface area contributed by atoms with Crippen molar-refractivity contribution in [1.29, 1.82) is 0 Å². The Balaban J connectivity index is 1.28. The molecule has 0 amide bonds. The number of benzene rings is 3. The molecule has 8 heteroatoms. The van der Waals surface area contributed by atoms with Crippen LogP contribution in [0.5, 0.6) is 11.5 Å². The Labute approximate surface area is 205 Å². The summed E-state index contributed by atoms with van der Waals surface area (Å²) < 4.78 is 39.2. The Morgan fingerprint density at radius 3 is 2.14 bits per heavy atom. The van der Waals surface area contributed by atoms with Crippen LogP contribution in [-0.2, 0) is 10.0 Å². The summed E-state index contributed by atoms with van der Waals surface area (Å²) in [6, 6.07) is 22.3. The van der Waals surface area contributed by atoms with Crippen LogP contribution in [0.2, 0.25) is 0 Å². The summed E-state index contributed by atoms with van der Waals surface area (Å²) in [7, 11) is -3.57. The van der Waals surface area contributed by atoms with Crippen molar-refractivity contribution in [3.8, 4) is 22.9 Å². The predicted molar refractivity (Wildman–Crippen MR) is 133 cm³/mol. The minimum Gasteiger partial charge on any atom is -0.457 e. The van der Waals surface area contributed by atoms with E-state index in [-0.39, 0.29) is 5.92 Å². The summed E-state index contributed by atoms with van der Waals surface area (Å²) in [6.07, 6.45) is 1.53. The molecule has 4 aromatic rings. The number of aryl methyl sites for hydroxylation is 2. The fraction of sp³-hybridized carbons (Fsp3) is 0.259. The van der Waals surface area contributed by atoms with Crippen molar-refractivity contribution in [2.24, 2.45) is 0 Å². The number of sulfonamides is 1. The molecule has 1 aromatic heterocycles. The van der Waals surface area contributed by atoms with Gasteiger partial charge in [-0.05, 0) is 75.2 Å². The SMILES string of the molecule is Cc1ccc(Oc2ccc(-c3noc(C4CCCN(S(=O)(=O)c5ccc(C)cc5)C4)n3)cc2)cc1. The standard InChI is InChI=1S/C27H27N3O4S/c1-19-5-11-23(12-6-19)33-24-13-9-21(10-14-24)26-28-27(34-29-26)22-4-3-17-30(18-22)35(31,32)25-15-7-20(2)8-16-25/h5-16,22H,3-4,17-18H2,1-2H3. The molecule has 180 valence electrons. The topological polar surface area (TPSA) is 85.5 Å². The molecule has 1 saturated heterocycles. The van der Waals surface area contributed by atoms with Crippen molar-refractivity contribution in [2.45, 2.75) is 37.5 Å². The second kappa shape index (κ2) is 9.64. The number of piperidine rings is 1. The van der Waals surface area contributed by atoms with Crippen LogP contribution in [0, 0.1) is 13.8 Å². The van der Waals surface area contributed by atoms with E-state index in [1.807, 2.05) is 74.5 Å². The first kappa shape index (κ1) is 23.3. The molecule has 0 spiro atoms. The van der Waals surface area contributed by atoms with Crippen molar-refractivity contribution in [3.05, 3.63) is 89.8 Å². The fourth-order valence-corrected chi connectivity index (χ4v) is 5.68. The molecule has 7 nitrogen and oxygen atoms in total. The first-order chi connectivity index (χ1) is 16.9. The van der Waals surface area contributed by atoms with Gasteiger partial charge in [0.25, 0.3) is 0 Å². The molecule has 35 heavy (non-hydrogen) atoms. The summed E-state index contributed by atoms with van der Waals surface area (Å²) in [5, 5.41) is 4.15. The average molecular weight is 490 g/mol. The van der Waals surface area contributed by atoms with Crippen molar-refractivity contribution >= 4 is 10.0 Å². The monoisotopic (exact) mass is 489 g/mol. The Morgan fingerprint density at radius 2 is 1.49 bits per heavy atom. The highest BCUT2D eigenvalue weighted by atomic mass is 32.2. The molecule has 3 aromatic carbocycles. The smallest absolute Gasteiger partial charge is 0.243 e. The number of rotatable bonds is 6. The van der Waals surface area contributed by atoms with E-state index in [0.29, 0.717) is 35.4 Å². The first-order valence-electron chi connectivity index (χ1n) is 11.6. The number of ether oxygens (including phenoxy) is 1. The molecule has 5 rings (SSSR count). The predicted octanol–water partition coefficient (Wildman–Crippen LogP) is 5.71. The minimum atomic E-state index is -3.57. The lowest BCUT2D eigenvalue weighted by Crippen LogP contribution is -2.39. The molecule has 0 N–H and O–H groups in total. The van der Waals surface area contributed by atoms with Crippen molar-refractivity contribution < 1.29 is 17.7 Å². The molecule has 1 unspecified atom stereocenters. The van der Waals surface area contributed by atoms with Crippen molar-refractivity contribution in [2.75, 3.05) is 13.1 Å². The van der Waals surface area contributed by atoms with Crippen LogP contribution in [0.25, 0.3) is 11.4 Å². The number of nitrogens with zero attached hydrogens (tertiary/aromatic N) is 3. The van der Waals surface area contributed by atoms with Gasteiger partial charge in [-0.3, -0.25) is 0 Å². The van der Waals surface area contributed by atoms with Gasteiger partial charge in [0.05, 0.1) is 10.8 Å². The Bertz CT molecular complexity index is 1400. The third kappa shape index (κ3) is 5.13. The Kier molecular flexibility index (Phi) is 6.40. The van der Waals surface area contributed by atoms with Gasteiger partial charge < -0.3 is 9.26 Å². The van der Waals surface area contributed by atoms with Crippen LogP contribution in [-0.4, -0.2) is 36.0 Å². The van der Waals surface area contributed by atoms with Crippen LogP contribution in [0.4, 0.5) is 0 Å². The lowest BCUT2D eigenvalue weighted by molar-refractivity contribution is 0.265. The maximum absolute atomic E-state index is 13.1. The molecule has 2 heterocycles. The average Bonchev–Trinajstić information content (AvgIpc) is 3.37. The van der Waals surface area contributed by atoms with Gasteiger partial charge in [-0.2, -0.15) is 9.29 Å². The second-order valence-corrected chi connectivity index (χ2v) is 10.8. The fourth-order valence-electron chi connectivity index (χ4n) is 4.15. The summed E-state index contributed by atoms with van der Waals surface area (Å²) >= 11 is 0. The van der Waals surface area contributed by atoms with Crippen LogP contribution < -0.4 is 4.74 Å². The third-order valence-electron chi connectivity index (χ3n) is 6.20. The highest BCUT2D eigenvalue weighted by Gasteiger charge is 2.33. The largest absolute Gasteiger partial charge is 0.457 e. The zero-order valence-electron chi connectivity index (χ0n) is 19.7. The molecule has 1 aliphatic heterocycles. The molecule has 0 saturated carbocycles. The van der Waals surface area contributed by atoms with Gasteiger partial charge in [0.2, 0.25) is 21.7 Å². The molecule has 0 radical (unpaired) electrons. The van der Waals surface area contributed by atoms with E-state index in [1.165, 1.54) is 9.87 Å². The lowest BCUT2D eigenvalue weighted by Gasteiger charge is -2.30. The van der Waals surface area contributed by atoms with E-state index in [0.717, 1.165) is 29.7 Å². The number of hydrogen-bond acceptors (Lipinski definition) is 6. The van der Waals surface area contributed by atoms with Crippen LogP contribution in [0.1, 0.15) is 35.8 Å². The highest BCUT2D eigenvalue weighted by molar-refractivity contribution is 7.89. The molecular formula is C27H27N3O4S. The van der Waals surface area contributed by atoms with Gasteiger partial charge in [0.15, 0.2) is 0 Å². The van der Waals surface area contributed by atoms with E-state index in [9.17, 15) is 8.42 Å². The minimum absolute atomic E-state index is 0.144. The Hall–Kier alpha value is -3.49. The summed E-state index contributed by atoms with van der Waals surface area (Å²) in [5.41, 5.74) is 3.00. The van der Waals surface area contributed by atoms with E-state index < -0.39 is 10.0 Å². The first-order valence-corrected chi connectivity index (χ1v) is 13.1. The molecule has 1 aliphatic rings. The van der Waals surface area contributed by atoms with Gasteiger partial charge in [0.1, 0.15) is 11.5 Å². The lowest BCUT2D eigenvalue weighted by atomic mass is 10.00. The maximum atomic E-state index is 13.1. The molecule has 0 aliphatic carbocycles. The number of hydrogen-bond donors (Lipinski definition) is 0. The van der Waals surface area contributed by atoms with Gasteiger partial charge >= 0.3 is 0 Å². The summed E-state index contributed by atoms with van der Waals surface area (Å²) in [5.74, 6) is 2.27. The quantitative estimate of drug-likeness (QED) is 0.345. The molecule has 0 bridgehead atoms. The van der Waals surface area contributed by atoms with Gasteiger partial charge in [-0.15, -0.1) is 0 Å². The van der Waals surface area contributed by atoms with Crippen LogP contribution in [0.3, 0.4) is 0 Å². The highest BCUT2D eigenvalue weighted by Crippen LogP contribution is 2.31. The van der Waals surface area contributed by atoms with Gasteiger partial charge in [-0.1, -0.05) is 40.5 Å². The van der Waals surface area contributed by atoms with Gasteiger partial charge in [-0.25, -0.2) is 8.42 Å². The molecule has 1 fully saturated rings. The van der Waals surface area contributed by atoms with Crippen molar-refractivity contribution in [3.63, 3.8) is 0 Å².